The average Bonchev–Trinajstić information content (AvgIpc) is 2.67. The van der Waals surface area contributed by atoms with Crippen LogP contribution in [-0.4, -0.2) is 33.1 Å². The molecule has 0 saturated carbocycles. The first-order chi connectivity index (χ1) is 6.55. The van der Waals surface area contributed by atoms with Crippen molar-refractivity contribution >= 4 is 5.91 Å². The molecule has 1 aromatic heterocycles. The van der Waals surface area contributed by atoms with Crippen molar-refractivity contribution in [3.05, 3.63) is 5.82 Å². The quantitative estimate of drug-likeness (QED) is 0.730. The molecule has 0 radical (unpaired) electrons. The van der Waals surface area contributed by atoms with E-state index < -0.39 is 0 Å². The number of tetrazole rings is 1. The molecule has 2 N–H and O–H groups in total. The lowest BCUT2D eigenvalue weighted by atomic mass is 9.90. The number of aromatic nitrogens is 4. The molecule has 6 nitrogen and oxygen atoms in total. The first kappa shape index (κ1) is 10.6. The minimum absolute atomic E-state index is 0.0805. The monoisotopic (exact) mass is 197 g/mol. The van der Waals surface area contributed by atoms with E-state index in [-0.39, 0.29) is 17.1 Å². The molecule has 14 heavy (non-hydrogen) atoms. The molecule has 78 valence electrons. The van der Waals surface area contributed by atoms with Crippen molar-refractivity contribution in [3.63, 3.8) is 0 Å². The van der Waals surface area contributed by atoms with Gasteiger partial charge in [0.05, 0.1) is 0 Å². The number of carbonyl (C=O) groups is 1. The summed E-state index contributed by atoms with van der Waals surface area (Å²) < 4.78 is 0. The van der Waals surface area contributed by atoms with Crippen LogP contribution in [0.25, 0.3) is 0 Å². The van der Waals surface area contributed by atoms with E-state index in [2.05, 4.69) is 46.7 Å². The third-order valence-corrected chi connectivity index (χ3v) is 2.23. The number of aromatic amines is 1. The van der Waals surface area contributed by atoms with Crippen LogP contribution in [0.3, 0.4) is 0 Å². The van der Waals surface area contributed by atoms with Crippen molar-refractivity contribution in [3.8, 4) is 0 Å². The maximum atomic E-state index is 11.4. The van der Waals surface area contributed by atoms with Gasteiger partial charge in [-0.2, -0.15) is 5.21 Å². The number of hydrogen-bond donors (Lipinski definition) is 2. The summed E-state index contributed by atoms with van der Waals surface area (Å²) >= 11 is 0. The van der Waals surface area contributed by atoms with Gasteiger partial charge in [0.25, 0.3) is 11.7 Å². The number of carbonyl (C=O) groups excluding carboxylic acids is 1. The summed E-state index contributed by atoms with van der Waals surface area (Å²) in [5, 5.41) is 15.5. The Hall–Kier alpha value is -1.46. The molecule has 0 aliphatic heterocycles. The summed E-state index contributed by atoms with van der Waals surface area (Å²) in [6.45, 7) is 6.87. The zero-order chi connectivity index (χ0) is 10.6. The predicted molar refractivity (Wildman–Crippen MR) is 50.6 cm³/mol. The van der Waals surface area contributed by atoms with Crippen LogP contribution in [0, 0.1) is 5.41 Å². The van der Waals surface area contributed by atoms with Crippen LogP contribution in [-0.2, 0) is 0 Å². The summed E-state index contributed by atoms with van der Waals surface area (Å²) in [5.74, 6) is -0.211. The number of nitrogens with zero attached hydrogens (tertiary/aromatic N) is 3. The molecule has 1 rings (SSSR count). The summed E-state index contributed by atoms with van der Waals surface area (Å²) in [6.07, 6.45) is 1.000. The number of hydrogen-bond acceptors (Lipinski definition) is 4. The van der Waals surface area contributed by atoms with Gasteiger partial charge in [0.2, 0.25) is 0 Å². The Morgan fingerprint density at radius 1 is 1.57 bits per heavy atom. The molecule has 0 atom stereocenters. The molecule has 1 aromatic rings. The minimum atomic E-state index is -0.291. The van der Waals surface area contributed by atoms with E-state index in [9.17, 15) is 4.79 Å². The highest BCUT2D eigenvalue weighted by atomic mass is 16.2. The molecule has 0 unspecified atom stereocenters. The molecule has 1 amide bonds. The largest absolute Gasteiger partial charge is 0.349 e. The van der Waals surface area contributed by atoms with Crippen molar-refractivity contribution in [2.45, 2.75) is 27.2 Å². The Labute approximate surface area is 82.5 Å². The fourth-order valence-electron chi connectivity index (χ4n) is 0.782. The van der Waals surface area contributed by atoms with Crippen molar-refractivity contribution in [2.75, 3.05) is 6.54 Å². The third-order valence-electron chi connectivity index (χ3n) is 2.23. The predicted octanol–water partition coefficient (Wildman–Crippen LogP) is 0.366. The highest BCUT2D eigenvalue weighted by Gasteiger charge is 2.18. The van der Waals surface area contributed by atoms with Crippen LogP contribution < -0.4 is 5.32 Å². The van der Waals surface area contributed by atoms with E-state index >= 15 is 0 Å². The standard InChI is InChI=1S/C8H15N5O/c1-4-8(2,3)5-9-7(14)6-10-12-13-11-6/h4-5H2,1-3H3,(H,9,14)(H,10,11,12,13). The average molecular weight is 197 g/mol. The van der Waals surface area contributed by atoms with Gasteiger partial charge in [-0.25, -0.2) is 0 Å². The summed E-state index contributed by atoms with van der Waals surface area (Å²) in [6, 6.07) is 0. The maximum Gasteiger partial charge on any atom is 0.292 e. The van der Waals surface area contributed by atoms with Crippen LogP contribution in [0.2, 0.25) is 0 Å². The van der Waals surface area contributed by atoms with Gasteiger partial charge in [-0.1, -0.05) is 20.8 Å². The lowest BCUT2D eigenvalue weighted by Gasteiger charge is -2.22. The molecule has 1 heterocycles. The topological polar surface area (TPSA) is 83.6 Å². The molecule has 0 fully saturated rings. The van der Waals surface area contributed by atoms with Crippen LogP contribution in [0.4, 0.5) is 0 Å². The lowest BCUT2D eigenvalue weighted by molar-refractivity contribution is 0.0925. The highest BCUT2D eigenvalue weighted by Crippen LogP contribution is 2.17. The van der Waals surface area contributed by atoms with Crippen molar-refractivity contribution < 1.29 is 4.79 Å². The number of nitrogens with one attached hydrogen (secondary N) is 2. The van der Waals surface area contributed by atoms with Crippen LogP contribution in [0.15, 0.2) is 0 Å². The second kappa shape index (κ2) is 4.17. The first-order valence-corrected chi connectivity index (χ1v) is 4.57. The van der Waals surface area contributed by atoms with E-state index in [0.29, 0.717) is 6.54 Å². The van der Waals surface area contributed by atoms with Gasteiger partial charge in [-0.05, 0) is 17.0 Å². The smallest absolute Gasteiger partial charge is 0.292 e. The van der Waals surface area contributed by atoms with Gasteiger partial charge in [0.15, 0.2) is 0 Å². The molecule has 0 aliphatic rings. The summed E-state index contributed by atoms with van der Waals surface area (Å²) in [7, 11) is 0. The minimum Gasteiger partial charge on any atom is -0.349 e. The van der Waals surface area contributed by atoms with Gasteiger partial charge >= 0.3 is 0 Å². The normalized spacial score (nSPS) is 11.4. The summed E-state index contributed by atoms with van der Waals surface area (Å²) in [5.41, 5.74) is 0.0966. The lowest BCUT2D eigenvalue weighted by Crippen LogP contribution is -2.34. The Balaban J connectivity index is 2.43. The van der Waals surface area contributed by atoms with Gasteiger partial charge in [0.1, 0.15) is 0 Å². The van der Waals surface area contributed by atoms with E-state index in [0.717, 1.165) is 6.42 Å². The molecule has 0 bridgehead atoms. The van der Waals surface area contributed by atoms with E-state index in [1.807, 2.05) is 0 Å². The van der Waals surface area contributed by atoms with Crippen LogP contribution in [0.1, 0.15) is 37.8 Å². The zero-order valence-corrected chi connectivity index (χ0v) is 8.66. The Morgan fingerprint density at radius 2 is 2.29 bits per heavy atom. The van der Waals surface area contributed by atoms with Crippen molar-refractivity contribution in [2.24, 2.45) is 5.41 Å². The van der Waals surface area contributed by atoms with Crippen LogP contribution in [0.5, 0.6) is 0 Å². The highest BCUT2D eigenvalue weighted by molar-refractivity contribution is 5.90. The maximum absolute atomic E-state index is 11.4. The molecule has 0 aliphatic carbocycles. The van der Waals surface area contributed by atoms with Crippen molar-refractivity contribution in [1.82, 2.24) is 25.9 Å². The fourth-order valence-corrected chi connectivity index (χ4v) is 0.782. The number of H-pyrrole nitrogens is 1. The Morgan fingerprint density at radius 3 is 2.79 bits per heavy atom. The molecular formula is C8H15N5O. The third kappa shape index (κ3) is 2.79. The first-order valence-electron chi connectivity index (χ1n) is 4.57. The van der Waals surface area contributed by atoms with Crippen LogP contribution >= 0.6 is 0 Å². The van der Waals surface area contributed by atoms with Gasteiger partial charge in [0, 0.05) is 6.54 Å². The fraction of sp³-hybridized carbons (Fsp3) is 0.750. The van der Waals surface area contributed by atoms with E-state index in [4.69, 9.17) is 0 Å². The molecule has 0 aromatic carbocycles. The number of rotatable bonds is 4. The summed E-state index contributed by atoms with van der Waals surface area (Å²) in [4.78, 5) is 11.4. The zero-order valence-electron chi connectivity index (χ0n) is 8.66. The van der Waals surface area contributed by atoms with Crippen molar-refractivity contribution in [1.29, 1.82) is 0 Å². The molecular weight excluding hydrogens is 182 g/mol. The van der Waals surface area contributed by atoms with Gasteiger partial charge < -0.3 is 5.32 Å². The van der Waals surface area contributed by atoms with E-state index in [1.165, 1.54) is 0 Å². The molecule has 0 spiro atoms. The van der Waals surface area contributed by atoms with Gasteiger partial charge in [-0.3, -0.25) is 4.79 Å². The second-order valence-corrected chi connectivity index (χ2v) is 3.94. The van der Waals surface area contributed by atoms with Gasteiger partial charge in [-0.15, -0.1) is 10.2 Å². The number of amides is 1. The Kier molecular flexibility index (Phi) is 3.16. The molecule has 0 saturated heterocycles. The van der Waals surface area contributed by atoms with E-state index in [1.54, 1.807) is 0 Å². The SMILES string of the molecule is CCC(C)(C)CNC(=O)c1nn[nH]n1. The second-order valence-electron chi connectivity index (χ2n) is 3.94. The molecule has 6 heteroatoms. The Bertz CT molecular complexity index is 293.